The number of para-hydroxylation sites is 1. The zero-order valence-corrected chi connectivity index (χ0v) is 17.2. The van der Waals surface area contributed by atoms with Gasteiger partial charge in [-0.2, -0.15) is 0 Å². The number of benzene rings is 1. The van der Waals surface area contributed by atoms with Crippen LogP contribution in [0.3, 0.4) is 0 Å². The molecule has 0 saturated heterocycles. The van der Waals surface area contributed by atoms with E-state index in [-0.39, 0.29) is 5.91 Å². The zero-order chi connectivity index (χ0) is 18.8. The van der Waals surface area contributed by atoms with Crippen LogP contribution < -0.4 is 5.32 Å². The van der Waals surface area contributed by atoms with Crippen molar-refractivity contribution in [2.45, 2.75) is 46.5 Å². The zero-order valence-electron chi connectivity index (χ0n) is 15.6. The molecule has 2 heterocycles. The van der Waals surface area contributed by atoms with Crippen LogP contribution in [-0.2, 0) is 6.42 Å². The SMILES string of the molecule is CCc1nc2c(C)cc(Br)cn2c1C(=O)Nc1ccccc1C(C)CC. The van der Waals surface area contributed by atoms with Gasteiger partial charge in [0.2, 0.25) is 0 Å². The summed E-state index contributed by atoms with van der Waals surface area (Å²) in [6, 6.07) is 10.0. The van der Waals surface area contributed by atoms with Gasteiger partial charge >= 0.3 is 0 Å². The number of aromatic nitrogens is 2. The highest BCUT2D eigenvalue weighted by Crippen LogP contribution is 2.28. The van der Waals surface area contributed by atoms with Crippen LogP contribution in [0.1, 0.15) is 60.4 Å². The Morgan fingerprint density at radius 3 is 2.73 bits per heavy atom. The number of nitrogens with zero attached hydrogens (tertiary/aromatic N) is 2. The van der Waals surface area contributed by atoms with Gasteiger partial charge in [0.15, 0.2) is 0 Å². The van der Waals surface area contributed by atoms with E-state index in [0.717, 1.165) is 39.0 Å². The second-order valence-corrected chi connectivity index (χ2v) is 7.56. The van der Waals surface area contributed by atoms with Crippen LogP contribution in [0.2, 0.25) is 0 Å². The molecule has 3 rings (SSSR count). The molecule has 0 saturated carbocycles. The Bertz CT molecular complexity index is 961. The fourth-order valence-corrected chi connectivity index (χ4v) is 3.79. The van der Waals surface area contributed by atoms with E-state index in [1.54, 1.807) is 0 Å². The van der Waals surface area contributed by atoms with E-state index in [0.29, 0.717) is 18.0 Å². The highest BCUT2D eigenvalue weighted by atomic mass is 79.9. The predicted octanol–water partition coefficient (Wildman–Crippen LogP) is 5.73. The molecule has 0 aliphatic heterocycles. The first-order valence-corrected chi connectivity index (χ1v) is 9.82. The number of amides is 1. The summed E-state index contributed by atoms with van der Waals surface area (Å²) in [5, 5.41) is 3.12. The lowest BCUT2D eigenvalue weighted by Gasteiger charge is -2.16. The van der Waals surface area contributed by atoms with Gasteiger partial charge < -0.3 is 5.32 Å². The molecule has 1 atom stereocenters. The molecule has 0 bridgehead atoms. The van der Waals surface area contributed by atoms with E-state index in [1.807, 2.05) is 48.7 Å². The molecular formula is C21H24BrN3O. The molecule has 0 fully saturated rings. The third kappa shape index (κ3) is 3.40. The van der Waals surface area contributed by atoms with Crippen LogP contribution in [0.5, 0.6) is 0 Å². The second-order valence-electron chi connectivity index (χ2n) is 6.65. The van der Waals surface area contributed by atoms with Gasteiger partial charge in [0.25, 0.3) is 5.91 Å². The molecule has 0 aliphatic rings. The molecule has 26 heavy (non-hydrogen) atoms. The summed E-state index contributed by atoms with van der Waals surface area (Å²) >= 11 is 3.52. The Balaban J connectivity index is 2.07. The number of hydrogen-bond acceptors (Lipinski definition) is 2. The quantitative estimate of drug-likeness (QED) is 0.579. The summed E-state index contributed by atoms with van der Waals surface area (Å²) in [4.78, 5) is 17.9. The van der Waals surface area contributed by atoms with Crippen LogP contribution in [0.25, 0.3) is 5.65 Å². The number of halogens is 1. The van der Waals surface area contributed by atoms with E-state index in [2.05, 4.69) is 46.1 Å². The van der Waals surface area contributed by atoms with Gasteiger partial charge in [0, 0.05) is 16.4 Å². The van der Waals surface area contributed by atoms with Crippen LogP contribution in [-0.4, -0.2) is 15.3 Å². The number of fused-ring (bicyclic) bond motifs is 1. The highest BCUT2D eigenvalue weighted by Gasteiger charge is 2.21. The number of hydrogen-bond donors (Lipinski definition) is 1. The summed E-state index contributed by atoms with van der Waals surface area (Å²) in [5.41, 5.74) is 5.30. The number of anilines is 1. The largest absolute Gasteiger partial charge is 0.320 e. The van der Waals surface area contributed by atoms with Crippen molar-refractivity contribution < 1.29 is 4.79 Å². The number of nitrogens with one attached hydrogen (secondary N) is 1. The van der Waals surface area contributed by atoms with Crippen molar-refractivity contribution in [2.75, 3.05) is 5.32 Å². The summed E-state index contributed by atoms with van der Waals surface area (Å²) in [6.45, 7) is 8.36. The molecule has 1 N–H and O–H groups in total. The second kappa shape index (κ2) is 7.62. The fraction of sp³-hybridized carbons (Fsp3) is 0.333. The molecule has 0 aliphatic carbocycles. The van der Waals surface area contributed by atoms with E-state index in [1.165, 1.54) is 0 Å². The minimum absolute atomic E-state index is 0.123. The van der Waals surface area contributed by atoms with Crippen molar-refractivity contribution in [1.82, 2.24) is 9.38 Å². The van der Waals surface area contributed by atoms with Gasteiger partial charge in [-0.1, -0.05) is 39.0 Å². The first kappa shape index (κ1) is 18.6. The lowest BCUT2D eigenvalue weighted by Crippen LogP contribution is -2.17. The van der Waals surface area contributed by atoms with E-state index >= 15 is 0 Å². The van der Waals surface area contributed by atoms with Crippen molar-refractivity contribution in [2.24, 2.45) is 0 Å². The molecule has 1 unspecified atom stereocenters. The summed E-state index contributed by atoms with van der Waals surface area (Å²) in [6.07, 6.45) is 3.63. The van der Waals surface area contributed by atoms with Crippen molar-refractivity contribution in [3.8, 4) is 0 Å². The standard InChI is InChI=1S/C21H24BrN3O/c1-5-13(3)16-9-7-8-10-18(16)24-21(26)19-17(6-2)23-20-14(4)11-15(22)12-25(19)20/h7-13H,5-6H2,1-4H3,(H,24,26). The molecule has 4 nitrogen and oxygen atoms in total. The third-order valence-electron chi connectivity index (χ3n) is 4.85. The van der Waals surface area contributed by atoms with Crippen LogP contribution in [0.15, 0.2) is 41.0 Å². The molecule has 1 amide bonds. The van der Waals surface area contributed by atoms with Crippen LogP contribution in [0.4, 0.5) is 5.69 Å². The van der Waals surface area contributed by atoms with Gasteiger partial charge in [0.1, 0.15) is 11.3 Å². The molecule has 5 heteroatoms. The molecule has 1 aromatic carbocycles. The van der Waals surface area contributed by atoms with Crippen molar-refractivity contribution in [1.29, 1.82) is 0 Å². The average Bonchev–Trinajstić information content (AvgIpc) is 3.00. The van der Waals surface area contributed by atoms with Crippen molar-refractivity contribution >= 4 is 33.2 Å². The predicted molar refractivity (Wildman–Crippen MR) is 110 cm³/mol. The summed E-state index contributed by atoms with van der Waals surface area (Å²) in [5.74, 6) is 0.262. The van der Waals surface area contributed by atoms with Crippen molar-refractivity contribution in [3.63, 3.8) is 0 Å². The molecule has 3 aromatic rings. The number of carbonyl (C=O) groups is 1. The number of aryl methyl sites for hydroxylation is 2. The average molecular weight is 414 g/mol. The lowest BCUT2D eigenvalue weighted by molar-refractivity contribution is 0.102. The molecule has 0 radical (unpaired) electrons. The minimum Gasteiger partial charge on any atom is -0.320 e. The van der Waals surface area contributed by atoms with E-state index in [9.17, 15) is 4.79 Å². The number of rotatable bonds is 5. The number of pyridine rings is 1. The third-order valence-corrected chi connectivity index (χ3v) is 5.28. The smallest absolute Gasteiger partial charge is 0.274 e. The summed E-state index contributed by atoms with van der Waals surface area (Å²) < 4.78 is 2.82. The van der Waals surface area contributed by atoms with Gasteiger partial charge in [-0.3, -0.25) is 9.20 Å². The maximum absolute atomic E-state index is 13.2. The number of imidazole rings is 1. The topological polar surface area (TPSA) is 46.4 Å². The van der Waals surface area contributed by atoms with Crippen LogP contribution >= 0.6 is 15.9 Å². The van der Waals surface area contributed by atoms with Gasteiger partial charge in [-0.25, -0.2) is 4.98 Å². The van der Waals surface area contributed by atoms with Gasteiger partial charge in [-0.15, -0.1) is 0 Å². The monoisotopic (exact) mass is 413 g/mol. The Kier molecular flexibility index (Phi) is 5.47. The Morgan fingerprint density at radius 2 is 2.04 bits per heavy atom. The molecular weight excluding hydrogens is 390 g/mol. The maximum Gasteiger partial charge on any atom is 0.274 e. The normalized spacial score (nSPS) is 12.3. The van der Waals surface area contributed by atoms with Gasteiger partial charge in [-0.05, 0) is 64.9 Å². The Labute approximate surface area is 162 Å². The molecule has 0 spiro atoms. The van der Waals surface area contributed by atoms with Gasteiger partial charge in [0.05, 0.1) is 5.69 Å². The van der Waals surface area contributed by atoms with E-state index < -0.39 is 0 Å². The maximum atomic E-state index is 13.2. The number of carbonyl (C=O) groups excluding carboxylic acids is 1. The Hall–Kier alpha value is -2.14. The molecule has 2 aromatic heterocycles. The van der Waals surface area contributed by atoms with Crippen molar-refractivity contribution in [3.05, 3.63) is 63.5 Å². The minimum atomic E-state index is -0.123. The highest BCUT2D eigenvalue weighted by molar-refractivity contribution is 9.10. The Morgan fingerprint density at radius 1 is 1.31 bits per heavy atom. The van der Waals surface area contributed by atoms with Crippen LogP contribution in [0, 0.1) is 6.92 Å². The first-order valence-electron chi connectivity index (χ1n) is 9.03. The lowest BCUT2D eigenvalue weighted by atomic mass is 9.97. The fourth-order valence-electron chi connectivity index (χ4n) is 3.24. The molecule has 136 valence electrons. The van der Waals surface area contributed by atoms with E-state index in [4.69, 9.17) is 0 Å². The summed E-state index contributed by atoms with van der Waals surface area (Å²) in [7, 11) is 0. The first-order chi connectivity index (χ1) is 12.5.